The Balaban J connectivity index is 1.97. The van der Waals surface area contributed by atoms with E-state index in [4.69, 9.17) is 9.47 Å². The summed E-state index contributed by atoms with van der Waals surface area (Å²) < 4.78 is 10.0. The van der Waals surface area contributed by atoms with Gasteiger partial charge in [0.25, 0.3) is 0 Å². The fourth-order valence-electron chi connectivity index (χ4n) is 1.77. The first-order valence-electron chi connectivity index (χ1n) is 6.57. The molecule has 0 heterocycles. The highest BCUT2D eigenvalue weighted by molar-refractivity contribution is 5.99. The third-order valence-electron chi connectivity index (χ3n) is 2.70. The van der Waals surface area contributed by atoms with Crippen molar-refractivity contribution in [2.45, 2.75) is 6.92 Å². The van der Waals surface area contributed by atoms with Crippen LogP contribution in [0.25, 0.3) is 0 Å². The second kappa shape index (κ2) is 7.12. The maximum Gasteiger partial charge on any atom is 0.323 e. The molecule has 0 radical (unpaired) electrons. The number of hydrogen-bond acceptors (Lipinski definition) is 4. The second-order valence-electron chi connectivity index (χ2n) is 4.43. The fourth-order valence-corrected chi connectivity index (χ4v) is 1.77. The molecule has 114 valence electrons. The van der Waals surface area contributed by atoms with E-state index >= 15 is 0 Å². The Morgan fingerprint density at radius 3 is 2.23 bits per heavy atom. The summed E-state index contributed by atoms with van der Waals surface area (Å²) in [6.07, 6.45) is 0. The number of anilines is 2. The van der Waals surface area contributed by atoms with Crippen LogP contribution < -0.4 is 20.1 Å². The SMILES string of the molecule is COc1ccc(NC(=O)Nc2cccc(OC(C)=O)c2)cc1. The number of carbonyl (C=O) groups is 2. The first kappa shape index (κ1) is 15.4. The van der Waals surface area contributed by atoms with Gasteiger partial charge in [0.2, 0.25) is 0 Å². The van der Waals surface area contributed by atoms with Crippen molar-refractivity contribution in [3.63, 3.8) is 0 Å². The summed E-state index contributed by atoms with van der Waals surface area (Å²) in [6, 6.07) is 13.1. The largest absolute Gasteiger partial charge is 0.497 e. The van der Waals surface area contributed by atoms with Crippen molar-refractivity contribution in [3.8, 4) is 11.5 Å². The molecule has 0 aliphatic carbocycles. The predicted octanol–water partition coefficient (Wildman–Crippen LogP) is 3.26. The first-order chi connectivity index (χ1) is 10.6. The van der Waals surface area contributed by atoms with Gasteiger partial charge in [-0.25, -0.2) is 4.79 Å². The van der Waals surface area contributed by atoms with Crippen molar-refractivity contribution in [3.05, 3.63) is 48.5 Å². The molecule has 6 nitrogen and oxygen atoms in total. The summed E-state index contributed by atoms with van der Waals surface area (Å²) >= 11 is 0. The molecule has 0 aliphatic rings. The normalized spacial score (nSPS) is 9.73. The summed E-state index contributed by atoms with van der Waals surface area (Å²) in [5.74, 6) is 0.662. The molecule has 0 atom stereocenters. The van der Waals surface area contributed by atoms with Gasteiger partial charge >= 0.3 is 12.0 Å². The topological polar surface area (TPSA) is 76.7 Å². The van der Waals surface area contributed by atoms with E-state index in [1.165, 1.54) is 6.92 Å². The van der Waals surface area contributed by atoms with Gasteiger partial charge in [-0.3, -0.25) is 4.79 Å². The molecule has 2 rings (SSSR count). The van der Waals surface area contributed by atoms with Crippen molar-refractivity contribution < 1.29 is 19.1 Å². The van der Waals surface area contributed by atoms with Gasteiger partial charge in [-0.15, -0.1) is 0 Å². The molecule has 2 N–H and O–H groups in total. The molecule has 0 saturated carbocycles. The molecule has 0 unspecified atom stereocenters. The molecule has 0 bridgehead atoms. The average molecular weight is 300 g/mol. The van der Waals surface area contributed by atoms with Gasteiger partial charge in [-0.05, 0) is 36.4 Å². The lowest BCUT2D eigenvalue weighted by atomic mass is 10.3. The lowest BCUT2D eigenvalue weighted by Gasteiger charge is -2.09. The van der Waals surface area contributed by atoms with Crippen molar-refractivity contribution in [2.75, 3.05) is 17.7 Å². The predicted molar refractivity (Wildman–Crippen MR) is 83.4 cm³/mol. The summed E-state index contributed by atoms with van der Waals surface area (Å²) in [6.45, 7) is 1.32. The van der Waals surface area contributed by atoms with Gasteiger partial charge in [-0.2, -0.15) is 0 Å². The number of methoxy groups -OCH3 is 1. The zero-order valence-electron chi connectivity index (χ0n) is 12.3. The molecule has 22 heavy (non-hydrogen) atoms. The zero-order valence-corrected chi connectivity index (χ0v) is 12.3. The Bertz CT molecular complexity index is 668. The van der Waals surface area contributed by atoms with Gasteiger partial charge in [0.05, 0.1) is 7.11 Å². The first-order valence-corrected chi connectivity index (χ1v) is 6.57. The average Bonchev–Trinajstić information content (AvgIpc) is 2.47. The van der Waals surface area contributed by atoms with Gasteiger partial charge in [0.1, 0.15) is 11.5 Å². The van der Waals surface area contributed by atoms with Crippen molar-refractivity contribution in [1.82, 2.24) is 0 Å². The van der Waals surface area contributed by atoms with Crippen LogP contribution in [-0.4, -0.2) is 19.1 Å². The maximum absolute atomic E-state index is 11.9. The van der Waals surface area contributed by atoms with E-state index in [9.17, 15) is 9.59 Å². The van der Waals surface area contributed by atoms with Crippen LogP contribution in [0.5, 0.6) is 11.5 Å². The van der Waals surface area contributed by atoms with Crippen LogP contribution in [-0.2, 0) is 4.79 Å². The minimum atomic E-state index is -0.417. The highest BCUT2D eigenvalue weighted by Gasteiger charge is 2.05. The van der Waals surface area contributed by atoms with E-state index in [2.05, 4.69) is 10.6 Å². The molecule has 0 aromatic heterocycles. The number of rotatable bonds is 4. The smallest absolute Gasteiger partial charge is 0.323 e. The molecule has 0 fully saturated rings. The van der Waals surface area contributed by atoms with E-state index in [0.717, 1.165) is 0 Å². The number of carbonyl (C=O) groups excluding carboxylic acids is 2. The Labute approximate surface area is 128 Å². The fraction of sp³-hybridized carbons (Fsp3) is 0.125. The Hall–Kier alpha value is -3.02. The standard InChI is InChI=1S/C16H16N2O4/c1-11(19)22-15-5-3-4-13(10-15)18-16(20)17-12-6-8-14(21-2)9-7-12/h3-10H,1-2H3,(H2,17,18,20). The number of ether oxygens (including phenoxy) is 2. The summed E-state index contributed by atoms with van der Waals surface area (Å²) in [5.41, 5.74) is 1.15. The van der Waals surface area contributed by atoms with Crippen LogP contribution in [0, 0.1) is 0 Å². The zero-order chi connectivity index (χ0) is 15.9. The minimum Gasteiger partial charge on any atom is -0.497 e. The minimum absolute atomic E-state index is 0.370. The second-order valence-corrected chi connectivity index (χ2v) is 4.43. The quantitative estimate of drug-likeness (QED) is 0.671. The molecular weight excluding hydrogens is 284 g/mol. The Morgan fingerprint density at radius 2 is 1.59 bits per heavy atom. The number of urea groups is 1. The lowest BCUT2D eigenvalue weighted by Crippen LogP contribution is -2.19. The van der Waals surface area contributed by atoms with Gasteiger partial charge in [0.15, 0.2) is 0 Å². The number of amides is 2. The Kier molecular flexibility index (Phi) is 4.98. The number of nitrogens with one attached hydrogen (secondary N) is 2. The van der Waals surface area contributed by atoms with Gasteiger partial charge in [-0.1, -0.05) is 6.07 Å². The maximum atomic E-state index is 11.9. The molecule has 6 heteroatoms. The van der Waals surface area contributed by atoms with Crippen molar-refractivity contribution >= 4 is 23.4 Å². The molecule has 2 aromatic rings. The third-order valence-corrected chi connectivity index (χ3v) is 2.70. The summed E-state index contributed by atoms with van der Waals surface area (Å²) in [4.78, 5) is 22.8. The van der Waals surface area contributed by atoms with E-state index < -0.39 is 12.0 Å². The molecular formula is C16H16N2O4. The van der Waals surface area contributed by atoms with Gasteiger partial charge < -0.3 is 20.1 Å². The van der Waals surface area contributed by atoms with E-state index in [0.29, 0.717) is 22.9 Å². The lowest BCUT2D eigenvalue weighted by molar-refractivity contribution is -0.131. The van der Waals surface area contributed by atoms with E-state index in [-0.39, 0.29) is 0 Å². The number of benzene rings is 2. The van der Waals surface area contributed by atoms with E-state index in [1.807, 2.05) is 0 Å². The van der Waals surface area contributed by atoms with Crippen LogP contribution >= 0.6 is 0 Å². The summed E-state index contributed by atoms with van der Waals surface area (Å²) in [7, 11) is 1.57. The molecule has 0 spiro atoms. The van der Waals surface area contributed by atoms with Crippen LogP contribution in [0.4, 0.5) is 16.2 Å². The van der Waals surface area contributed by atoms with Crippen molar-refractivity contribution in [2.24, 2.45) is 0 Å². The third kappa shape index (κ3) is 4.52. The molecule has 2 aromatic carbocycles. The van der Waals surface area contributed by atoms with Crippen LogP contribution in [0.3, 0.4) is 0 Å². The highest BCUT2D eigenvalue weighted by Crippen LogP contribution is 2.18. The van der Waals surface area contributed by atoms with Crippen LogP contribution in [0.15, 0.2) is 48.5 Å². The number of esters is 1. The Morgan fingerprint density at radius 1 is 0.909 bits per heavy atom. The highest BCUT2D eigenvalue weighted by atomic mass is 16.5. The van der Waals surface area contributed by atoms with E-state index in [1.54, 1.807) is 55.6 Å². The molecule has 0 aliphatic heterocycles. The van der Waals surface area contributed by atoms with Crippen molar-refractivity contribution in [1.29, 1.82) is 0 Å². The van der Waals surface area contributed by atoms with Crippen LogP contribution in [0.2, 0.25) is 0 Å². The molecule has 2 amide bonds. The monoisotopic (exact) mass is 300 g/mol. The van der Waals surface area contributed by atoms with Gasteiger partial charge in [0, 0.05) is 24.4 Å². The number of hydrogen-bond donors (Lipinski definition) is 2. The van der Waals surface area contributed by atoms with Crippen LogP contribution in [0.1, 0.15) is 6.92 Å². The molecule has 0 saturated heterocycles. The summed E-state index contributed by atoms with van der Waals surface area (Å²) in [5, 5.41) is 5.35.